The fraction of sp³-hybridized carbons (Fsp3) is 0.167. The first kappa shape index (κ1) is 18.5. The van der Waals surface area contributed by atoms with Crippen molar-refractivity contribution in [1.82, 2.24) is 10.3 Å². The molecule has 0 radical (unpaired) electrons. The van der Waals surface area contributed by atoms with Crippen LogP contribution >= 0.6 is 11.3 Å². The molecule has 0 bridgehead atoms. The second kappa shape index (κ2) is 8.86. The number of nitrogens with one attached hydrogen (secondary N) is 3. The molecule has 0 atom stereocenters. The highest BCUT2D eigenvalue weighted by molar-refractivity contribution is 7.14. The Morgan fingerprint density at radius 3 is 2.81 bits per heavy atom. The monoisotopic (exact) mass is 386 g/mol. The molecule has 0 fully saturated rings. The molecule has 0 saturated carbocycles. The van der Waals surface area contributed by atoms with Gasteiger partial charge in [0.25, 0.3) is 0 Å². The van der Waals surface area contributed by atoms with Gasteiger partial charge in [-0.25, -0.2) is 9.78 Å². The Morgan fingerprint density at radius 1 is 1.19 bits per heavy atom. The van der Waals surface area contributed by atoms with Gasteiger partial charge in [0.1, 0.15) is 11.5 Å². The number of nitrogens with zero attached hydrogens (tertiary/aromatic N) is 1. The van der Waals surface area contributed by atoms with Crippen molar-refractivity contribution in [3.8, 4) is 5.75 Å². The third-order valence-electron chi connectivity index (χ3n) is 3.51. The van der Waals surface area contributed by atoms with Crippen LogP contribution in [-0.2, 0) is 17.8 Å². The molecule has 27 heavy (non-hydrogen) atoms. The van der Waals surface area contributed by atoms with Crippen LogP contribution in [0, 0.1) is 0 Å². The Morgan fingerprint density at radius 2 is 2.04 bits per heavy atom. The lowest BCUT2D eigenvalue weighted by atomic mass is 10.3. The smallest absolute Gasteiger partial charge is 0.325 e. The molecule has 0 aliphatic heterocycles. The summed E-state index contributed by atoms with van der Waals surface area (Å²) in [5.41, 5.74) is 1.12. The highest BCUT2D eigenvalue weighted by atomic mass is 32.1. The zero-order valence-electron chi connectivity index (χ0n) is 14.5. The van der Waals surface area contributed by atoms with E-state index >= 15 is 0 Å². The lowest BCUT2D eigenvalue weighted by Crippen LogP contribution is -2.24. The number of carbonyl (C=O) groups is 2. The van der Waals surface area contributed by atoms with Crippen molar-refractivity contribution >= 4 is 34.1 Å². The lowest BCUT2D eigenvalue weighted by Gasteiger charge is -2.09. The first-order chi connectivity index (χ1) is 13.1. The van der Waals surface area contributed by atoms with Gasteiger partial charge < -0.3 is 19.8 Å². The fourth-order valence-electron chi connectivity index (χ4n) is 2.27. The zero-order chi connectivity index (χ0) is 19.1. The van der Waals surface area contributed by atoms with E-state index in [4.69, 9.17) is 9.15 Å². The summed E-state index contributed by atoms with van der Waals surface area (Å²) >= 11 is 1.24. The quantitative estimate of drug-likeness (QED) is 0.578. The van der Waals surface area contributed by atoms with Crippen LogP contribution in [0.1, 0.15) is 11.5 Å². The van der Waals surface area contributed by atoms with E-state index in [1.807, 2.05) is 6.07 Å². The van der Waals surface area contributed by atoms with Crippen molar-refractivity contribution in [1.29, 1.82) is 0 Å². The Hall–Kier alpha value is -3.33. The topological polar surface area (TPSA) is 105 Å². The summed E-state index contributed by atoms with van der Waals surface area (Å²) < 4.78 is 10.3. The van der Waals surface area contributed by atoms with E-state index in [-0.39, 0.29) is 12.3 Å². The maximum atomic E-state index is 12.1. The molecule has 1 aromatic carbocycles. The molecule has 8 nitrogen and oxygen atoms in total. The summed E-state index contributed by atoms with van der Waals surface area (Å²) in [4.78, 5) is 28.3. The molecular weight excluding hydrogens is 368 g/mol. The van der Waals surface area contributed by atoms with Gasteiger partial charge in [0.15, 0.2) is 5.13 Å². The Balaban J connectivity index is 1.49. The SMILES string of the molecule is COc1ccccc1NC(=O)Nc1nc(CC(=O)NCc2ccco2)cs1. The molecule has 0 unspecified atom stereocenters. The van der Waals surface area contributed by atoms with Crippen LogP contribution in [0.2, 0.25) is 0 Å². The number of methoxy groups -OCH3 is 1. The maximum Gasteiger partial charge on any atom is 0.325 e. The number of furan rings is 1. The molecule has 0 saturated heterocycles. The Kier molecular flexibility index (Phi) is 6.06. The maximum absolute atomic E-state index is 12.1. The summed E-state index contributed by atoms with van der Waals surface area (Å²) in [6.07, 6.45) is 1.67. The Bertz CT molecular complexity index is 908. The summed E-state index contributed by atoms with van der Waals surface area (Å²) in [7, 11) is 1.53. The van der Waals surface area contributed by atoms with Crippen molar-refractivity contribution in [3.05, 3.63) is 59.5 Å². The van der Waals surface area contributed by atoms with Gasteiger partial charge in [-0.3, -0.25) is 10.1 Å². The molecule has 9 heteroatoms. The van der Waals surface area contributed by atoms with Crippen molar-refractivity contribution in [2.24, 2.45) is 0 Å². The summed E-state index contributed by atoms with van der Waals surface area (Å²) in [5.74, 6) is 1.06. The summed E-state index contributed by atoms with van der Waals surface area (Å²) in [5, 5.41) is 10.2. The minimum atomic E-state index is -0.442. The number of anilines is 2. The van der Waals surface area contributed by atoms with Crippen LogP contribution in [-0.4, -0.2) is 24.0 Å². The predicted octanol–water partition coefficient (Wildman–Crippen LogP) is 3.25. The minimum absolute atomic E-state index is 0.118. The number of hydrogen-bond acceptors (Lipinski definition) is 6. The van der Waals surface area contributed by atoms with Crippen LogP contribution in [0.5, 0.6) is 5.75 Å². The fourth-order valence-corrected chi connectivity index (χ4v) is 2.98. The van der Waals surface area contributed by atoms with Gasteiger partial charge in [0, 0.05) is 5.38 Å². The van der Waals surface area contributed by atoms with E-state index in [2.05, 4.69) is 20.9 Å². The zero-order valence-corrected chi connectivity index (χ0v) is 15.3. The second-order valence-corrected chi connectivity index (χ2v) is 6.31. The molecule has 140 valence electrons. The predicted molar refractivity (Wildman–Crippen MR) is 102 cm³/mol. The van der Waals surface area contributed by atoms with E-state index in [1.54, 1.807) is 42.0 Å². The van der Waals surface area contributed by atoms with E-state index in [0.717, 1.165) is 0 Å². The normalized spacial score (nSPS) is 10.3. The first-order valence-corrected chi connectivity index (χ1v) is 8.96. The highest BCUT2D eigenvalue weighted by Crippen LogP contribution is 2.23. The summed E-state index contributed by atoms with van der Waals surface area (Å²) in [6.45, 7) is 0.322. The number of para-hydroxylation sites is 2. The van der Waals surface area contributed by atoms with Gasteiger partial charge in [-0.05, 0) is 24.3 Å². The number of carbonyl (C=O) groups excluding carboxylic acids is 2. The minimum Gasteiger partial charge on any atom is -0.495 e. The van der Waals surface area contributed by atoms with Gasteiger partial charge in [-0.2, -0.15) is 0 Å². The largest absolute Gasteiger partial charge is 0.495 e. The van der Waals surface area contributed by atoms with E-state index in [1.165, 1.54) is 18.4 Å². The van der Waals surface area contributed by atoms with Crippen LogP contribution in [0.4, 0.5) is 15.6 Å². The number of ether oxygens (including phenoxy) is 1. The third kappa shape index (κ3) is 5.32. The van der Waals surface area contributed by atoms with Crippen molar-refractivity contribution in [2.45, 2.75) is 13.0 Å². The van der Waals surface area contributed by atoms with Gasteiger partial charge in [0.2, 0.25) is 5.91 Å². The molecule has 2 heterocycles. The third-order valence-corrected chi connectivity index (χ3v) is 4.32. The van der Waals surface area contributed by atoms with E-state index < -0.39 is 6.03 Å². The van der Waals surface area contributed by atoms with Crippen LogP contribution in [0.3, 0.4) is 0 Å². The first-order valence-electron chi connectivity index (χ1n) is 8.08. The number of hydrogen-bond donors (Lipinski definition) is 3. The molecular formula is C18H18N4O4S. The average Bonchev–Trinajstić information content (AvgIpc) is 3.32. The number of benzene rings is 1. The van der Waals surface area contributed by atoms with Gasteiger partial charge in [0.05, 0.1) is 37.7 Å². The molecule has 0 spiro atoms. The van der Waals surface area contributed by atoms with Gasteiger partial charge >= 0.3 is 6.03 Å². The molecule has 0 aliphatic carbocycles. The van der Waals surface area contributed by atoms with Gasteiger partial charge in [-0.1, -0.05) is 12.1 Å². The van der Waals surface area contributed by atoms with Crippen molar-refractivity contribution in [3.63, 3.8) is 0 Å². The van der Waals surface area contributed by atoms with Crippen LogP contribution < -0.4 is 20.7 Å². The number of aromatic nitrogens is 1. The van der Waals surface area contributed by atoms with Crippen LogP contribution in [0.25, 0.3) is 0 Å². The summed E-state index contributed by atoms with van der Waals surface area (Å²) in [6, 6.07) is 10.2. The number of urea groups is 1. The molecule has 0 aliphatic rings. The molecule has 3 amide bonds. The number of thiazole rings is 1. The second-order valence-electron chi connectivity index (χ2n) is 5.46. The van der Waals surface area contributed by atoms with Crippen LogP contribution in [0.15, 0.2) is 52.5 Å². The van der Waals surface area contributed by atoms with Gasteiger partial charge in [-0.15, -0.1) is 11.3 Å². The standard InChI is InChI=1S/C18H18N4O4S/c1-25-15-7-3-2-6-14(15)21-17(24)22-18-20-12(11-27-18)9-16(23)19-10-13-5-4-8-26-13/h2-8,11H,9-10H2,1H3,(H,19,23)(H2,20,21,22,24). The lowest BCUT2D eigenvalue weighted by molar-refractivity contribution is -0.120. The number of amides is 3. The Labute approximate surface area is 159 Å². The molecule has 3 N–H and O–H groups in total. The van der Waals surface area contributed by atoms with E-state index in [0.29, 0.717) is 34.6 Å². The average molecular weight is 386 g/mol. The molecule has 3 rings (SSSR count). The highest BCUT2D eigenvalue weighted by Gasteiger charge is 2.11. The molecule has 3 aromatic rings. The van der Waals surface area contributed by atoms with Crippen molar-refractivity contribution in [2.75, 3.05) is 17.7 Å². The van der Waals surface area contributed by atoms with E-state index in [9.17, 15) is 9.59 Å². The number of rotatable bonds is 7. The van der Waals surface area contributed by atoms with Crippen molar-refractivity contribution < 1.29 is 18.7 Å². The molecule has 2 aromatic heterocycles.